The smallest absolute Gasteiger partial charge is 0.253 e. The Labute approximate surface area is 132 Å². The Morgan fingerprint density at radius 2 is 1.95 bits per heavy atom. The van der Waals surface area contributed by atoms with Crippen molar-refractivity contribution >= 4 is 23.4 Å². The molecule has 1 aliphatic carbocycles. The van der Waals surface area contributed by atoms with Crippen molar-refractivity contribution in [1.29, 1.82) is 0 Å². The first-order valence-corrected chi connectivity index (χ1v) is 9.20. The summed E-state index contributed by atoms with van der Waals surface area (Å²) in [5, 5.41) is 7.32. The molecule has 21 heavy (non-hydrogen) atoms. The Kier molecular flexibility index (Phi) is 6.43. The average Bonchev–Trinajstić information content (AvgIpc) is 2.54. The van der Waals surface area contributed by atoms with E-state index in [1.807, 2.05) is 36.0 Å². The van der Waals surface area contributed by atoms with Crippen molar-refractivity contribution in [2.75, 3.05) is 18.1 Å². The van der Waals surface area contributed by atoms with E-state index in [1.54, 1.807) is 0 Å². The monoisotopic (exact) mass is 306 g/mol. The normalized spacial score (nSPS) is 21.8. The molecule has 1 aromatic rings. The van der Waals surface area contributed by atoms with Gasteiger partial charge in [-0.1, -0.05) is 19.1 Å². The van der Waals surface area contributed by atoms with Crippen molar-refractivity contribution in [3.63, 3.8) is 0 Å². The lowest BCUT2D eigenvalue weighted by Gasteiger charge is -2.28. The number of benzene rings is 1. The van der Waals surface area contributed by atoms with E-state index in [2.05, 4.69) is 23.8 Å². The first kappa shape index (κ1) is 16.2. The number of para-hydroxylation sites is 1. The topological polar surface area (TPSA) is 41.1 Å². The highest BCUT2D eigenvalue weighted by molar-refractivity contribution is 7.99. The molecule has 0 heterocycles. The van der Waals surface area contributed by atoms with Gasteiger partial charge in [0.15, 0.2) is 0 Å². The predicted molar refractivity (Wildman–Crippen MR) is 92.2 cm³/mol. The molecule has 3 nitrogen and oxygen atoms in total. The molecule has 0 spiro atoms. The van der Waals surface area contributed by atoms with Gasteiger partial charge in [0.2, 0.25) is 0 Å². The minimum atomic E-state index is 0.0572. The van der Waals surface area contributed by atoms with Crippen LogP contribution in [-0.2, 0) is 0 Å². The van der Waals surface area contributed by atoms with Crippen molar-refractivity contribution in [2.24, 2.45) is 0 Å². The Bertz CT molecular complexity index is 456. The van der Waals surface area contributed by atoms with Crippen molar-refractivity contribution in [3.8, 4) is 0 Å². The number of amides is 1. The maximum Gasteiger partial charge on any atom is 0.253 e. The van der Waals surface area contributed by atoms with Crippen LogP contribution in [-0.4, -0.2) is 30.0 Å². The molecule has 1 amide bonds. The van der Waals surface area contributed by atoms with Crippen LogP contribution in [0.5, 0.6) is 0 Å². The molecule has 1 saturated carbocycles. The van der Waals surface area contributed by atoms with Crippen LogP contribution in [0, 0.1) is 0 Å². The van der Waals surface area contributed by atoms with Crippen LogP contribution in [0.3, 0.4) is 0 Å². The van der Waals surface area contributed by atoms with E-state index >= 15 is 0 Å². The van der Waals surface area contributed by atoms with Gasteiger partial charge in [0.1, 0.15) is 0 Å². The van der Waals surface area contributed by atoms with Gasteiger partial charge in [0.25, 0.3) is 5.91 Å². The molecule has 2 N–H and O–H groups in total. The van der Waals surface area contributed by atoms with Crippen LogP contribution in [0.1, 0.15) is 49.4 Å². The fourth-order valence-corrected chi connectivity index (χ4v) is 3.54. The second kappa shape index (κ2) is 8.32. The van der Waals surface area contributed by atoms with Gasteiger partial charge in [-0.2, -0.15) is 11.8 Å². The molecule has 116 valence electrons. The first-order valence-electron chi connectivity index (χ1n) is 7.91. The third kappa shape index (κ3) is 4.67. The maximum absolute atomic E-state index is 12.5. The molecule has 1 fully saturated rings. The SMILES string of the molecule is CCCNc1ccccc1C(=O)NC1CCC(SC)CC1. The molecule has 2 rings (SSSR count). The fraction of sp³-hybridized carbons (Fsp3) is 0.588. The molecule has 1 aliphatic rings. The summed E-state index contributed by atoms with van der Waals surface area (Å²) in [6, 6.07) is 8.12. The molecule has 0 saturated heterocycles. The molecule has 0 aliphatic heterocycles. The first-order chi connectivity index (χ1) is 10.2. The average molecular weight is 306 g/mol. The Morgan fingerprint density at radius 3 is 2.62 bits per heavy atom. The van der Waals surface area contributed by atoms with Crippen LogP contribution < -0.4 is 10.6 Å². The minimum absolute atomic E-state index is 0.0572. The predicted octanol–water partition coefficient (Wildman–Crippen LogP) is 3.91. The molecule has 1 aromatic carbocycles. The fourth-order valence-electron chi connectivity index (χ4n) is 2.80. The summed E-state index contributed by atoms with van der Waals surface area (Å²) in [5.41, 5.74) is 1.70. The van der Waals surface area contributed by atoms with Gasteiger partial charge in [-0.05, 0) is 50.5 Å². The van der Waals surface area contributed by atoms with Crippen molar-refractivity contribution < 1.29 is 4.79 Å². The van der Waals surface area contributed by atoms with Gasteiger partial charge in [-0.3, -0.25) is 4.79 Å². The van der Waals surface area contributed by atoms with E-state index < -0.39 is 0 Å². The number of nitrogens with one attached hydrogen (secondary N) is 2. The van der Waals surface area contributed by atoms with Gasteiger partial charge in [-0.25, -0.2) is 0 Å². The van der Waals surface area contributed by atoms with Crippen LogP contribution >= 0.6 is 11.8 Å². The number of carbonyl (C=O) groups is 1. The van der Waals surface area contributed by atoms with Gasteiger partial charge >= 0.3 is 0 Å². The lowest BCUT2D eigenvalue weighted by molar-refractivity contribution is 0.0929. The highest BCUT2D eigenvalue weighted by atomic mass is 32.2. The van der Waals surface area contributed by atoms with E-state index in [4.69, 9.17) is 0 Å². The molecule has 0 atom stereocenters. The maximum atomic E-state index is 12.5. The van der Waals surface area contributed by atoms with Gasteiger partial charge < -0.3 is 10.6 Å². The summed E-state index contributed by atoms with van der Waals surface area (Å²) in [6.45, 7) is 3.02. The van der Waals surface area contributed by atoms with Crippen molar-refractivity contribution in [3.05, 3.63) is 29.8 Å². The molecule has 0 bridgehead atoms. The third-order valence-corrected chi connectivity index (χ3v) is 5.22. The van der Waals surface area contributed by atoms with Crippen LogP contribution in [0.2, 0.25) is 0 Å². The van der Waals surface area contributed by atoms with Crippen molar-refractivity contribution in [1.82, 2.24) is 5.32 Å². The summed E-state index contributed by atoms with van der Waals surface area (Å²) < 4.78 is 0. The number of anilines is 1. The van der Waals surface area contributed by atoms with Crippen LogP contribution in [0.4, 0.5) is 5.69 Å². The largest absolute Gasteiger partial charge is 0.384 e. The van der Waals surface area contributed by atoms with E-state index in [9.17, 15) is 4.79 Å². The summed E-state index contributed by atoms with van der Waals surface area (Å²) in [5.74, 6) is 0.0572. The standard InChI is InChI=1S/C17H26N2OS/c1-3-12-18-16-7-5-4-6-15(16)17(20)19-13-8-10-14(21-2)11-9-13/h4-7,13-14,18H,3,8-12H2,1-2H3,(H,19,20). The summed E-state index contributed by atoms with van der Waals surface area (Å²) in [7, 11) is 0. The minimum Gasteiger partial charge on any atom is -0.384 e. The number of hydrogen-bond donors (Lipinski definition) is 2. The Hall–Kier alpha value is -1.16. The number of rotatable bonds is 6. The number of hydrogen-bond acceptors (Lipinski definition) is 3. The lowest BCUT2D eigenvalue weighted by atomic mass is 9.94. The van der Waals surface area contributed by atoms with E-state index in [-0.39, 0.29) is 5.91 Å². The zero-order chi connectivity index (χ0) is 15.1. The van der Waals surface area contributed by atoms with Crippen LogP contribution in [0.25, 0.3) is 0 Å². The molecular formula is C17H26N2OS. The second-order valence-electron chi connectivity index (χ2n) is 5.66. The van der Waals surface area contributed by atoms with E-state index in [0.29, 0.717) is 6.04 Å². The number of thioether (sulfide) groups is 1. The second-order valence-corrected chi connectivity index (χ2v) is 6.79. The zero-order valence-electron chi connectivity index (χ0n) is 13.0. The lowest BCUT2D eigenvalue weighted by Crippen LogP contribution is -2.38. The zero-order valence-corrected chi connectivity index (χ0v) is 13.8. The van der Waals surface area contributed by atoms with Gasteiger partial charge in [0, 0.05) is 23.5 Å². The van der Waals surface area contributed by atoms with E-state index in [0.717, 1.165) is 42.3 Å². The summed E-state index contributed by atoms with van der Waals surface area (Å²) >= 11 is 1.95. The highest BCUT2D eigenvalue weighted by Crippen LogP contribution is 2.27. The van der Waals surface area contributed by atoms with Gasteiger partial charge in [0.05, 0.1) is 5.56 Å². The van der Waals surface area contributed by atoms with Crippen LogP contribution in [0.15, 0.2) is 24.3 Å². The molecule has 0 aromatic heterocycles. The van der Waals surface area contributed by atoms with E-state index in [1.165, 1.54) is 12.8 Å². The molecular weight excluding hydrogens is 280 g/mol. The Morgan fingerprint density at radius 1 is 1.24 bits per heavy atom. The highest BCUT2D eigenvalue weighted by Gasteiger charge is 2.22. The molecule has 0 radical (unpaired) electrons. The summed E-state index contributed by atoms with van der Waals surface area (Å²) in [4.78, 5) is 12.5. The van der Waals surface area contributed by atoms with Gasteiger partial charge in [-0.15, -0.1) is 0 Å². The summed E-state index contributed by atoms with van der Waals surface area (Å²) in [6.07, 6.45) is 7.85. The quantitative estimate of drug-likeness (QED) is 0.837. The van der Waals surface area contributed by atoms with Crippen molar-refractivity contribution in [2.45, 2.75) is 50.3 Å². The number of carbonyl (C=O) groups excluding carboxylic acids is 1. The molecule has 0 unspecified atom stereocenters. The molecule has 4 heteroatoms. The third-order valence-electron chi connectivity index (χ3n) is 4.08. The Balaban J connectivity index is 1.94.